The molecule has 25 heavy (non-hydrogen) atoms. The second-order valence-electron chi connectivity index (χ2n) is 5.91. The van der Waals surface area contributed by atoms with Crippen LogP contribution in [0.4, 0.5) is 4.39 Å². The van der Waals surface area contributed by atoms with E-state index in [0.717, 1.165) is 16.7 Å². The van der Waals surface area contributed by atoms with Crippen molar-refractivity contribution in [2.75, 3.05) is 5.75 Å². The Labute approximate surface area is 149 Å². The monoisotopic (exact) mass is 355 g/mol. The summed E-state index contributed by atoms with van der Waals surface area (Å²) < 4.78 is 13.8. The van der Waals surface area contributed by atoms with Gasteiger partial charge in [-0.15, -0.1) is 5.10 Å². The van der Waals surface area contributed by atoms with Crippen LogP contribution in [0.1, 0.15) is 27.0 Å². The first-order valence-electron chi connectivity index (χ1n) is 7.87. The number of aryl methyl sites for hydroxylation is 3. The molecule has 1 N–H and O–H groups in total. The zero-order valence-corrected chi connectivity index (χ0v) is 15.1. The molecule has 1 aromatic heterocycles. The molecule has 0 amide bonds. The third-order valence-electron chi connectivity index (χ3n) is 4.07. The molecule has 0 aliphatic heterocycles. The first-order chi connectivity index (χ1) is 12.0. The van der Waals surface area contributed by atoms with Crippen LogP contribution >= 0.6 is 11.8 Å². The Balaban J connectivity index is 1.72. The number of rotatable bonds is 5. The molecule has 0 fully saturated rings. The van der Waals surface area contributed by atoms with Crippen LogP contribution in [0, 0.1) is 26.6 Å². The van der Waals surface area contributed by atoms with Gasteiger partial charge in [0, 0.05) is 5.56 Å². The Morgan fingerprint density at radius 1 is 1.12 bits per heavy atom. The van der Waals surface area contributed by atoms with Gasteiger partial charge in [0.05, 0.1) is 11.3 Å². The number of nitrogens with one attached hydrogen (secondary N) is 1. The van der Waals surface area contributed by atoms with Crippen LogP contribution in [-0.4, -0.2) is 26.7 Å². The second kappa shape index (κ2) is 7.19. The average molecular weight is 355 g/mol. The SMILES string of the molecule is Cc1cc(C)c(C(=O)CSc2n[nH]c(-c3ccccc3F)n2)cc1C. The highest BCUT2D eigenvalue weighted by Crippen LogP contribution is 2.23. The van der Waals surface area contributed by atoms with E-state index in [-0.39, 0.29) is 17.4 Å². The number of Topliss-reactive ketones (excluding diaryl/α,β-unsaturated/α-hetero) is 1. The Kier molecular flexibility index (Phi) is 4.99. The normalized spacial score (nSPS) is 10.9. The van der Waals surface area contributed by atoms with Crippen LogP contribution in [0.5, 0.6) is 0 Å². The lowest BCUT2D eigenvalue weighted by Crippen LogP contribution is -2.06. The van der Waals surface area contributed by atoms with E-state index in [1.807, 2.05) is 32.9 Å². The van der Waals surface area contributed by atoms with Gasteiger partial charge in [0.1, 0.15) is 5.82 Å². The number of carbonyl (C=O) groups excluding carboxylic acids is 1. The summed E-state index contributed by atoms with van der Waals surface area (Å²) in [6, 6.07) is 10.3. The lowest BCUT2D eigenvalue weighted by Gasteiger charge is -2.08. The summed E-state index contributed by atoms with van der Waals surface area (Å²) >= 11 is 1.24. The molecule has 2 aromatic carbocycles. The Morgan fingerprint density at radius 3 is 2.60 bits per heavy atom. The smallest absolute Gasteiger partial charge is 0.209 e. The van der Waals surface area contributed by atoms with E-state index >= 15 is 0 Å². The molecule has 6 heteroatoms. The van der Waals surface area contributed by atoms with Crippen molar-refractivity contribution in [3.63, 3.8) is 0 Å². The number of hydrogen-bond donors (Lipinski definition) is 1. The quantitative estimate of drug-likeness (QED) is 0.540. The number of aromatic nitrogens is 3. The molecule has 0 saturated carbocycles. The zero-order chi connectivity index (χ0) is 18.0. The molecule has 4 nitrogen and oxygen atoms in total. The maximum Gasteiger partial charge on any atom is 0.209 e. The third kappa shape index (κ3) is 3.79. The van der Waals surface area contributed by atoms with Gasteiger partial charge in [0.25, 0.3) is 0 Å². The molecule has 3 aromatic rings. The second-order valence-corrected chi connectivity index (χ2v) is 6.85. The molecule has 1 heterocycles. The van der Waals surface area contributed by atoms with Gasteiger partial charge in [0.2, 0.25) is 5.16 Å². The highest BCUT2D eigenvalue weighted by molar-refractivity contribution is 7.99. The Morgan fingerprint density at radius 2 is 1.84 bits per heavy atom. The molecule has 0 atom stereocenters. The Bertz CT molecular complexity index is 936. The van der Waals surface area contributed by atoms with Crippen molar-refractivity contribution >= 4 is 17.5 Å². The summed E-state index contributed by atoms with van der Waals surface area (Å²) in [6.07, 6.45) is 0. The first kappa shape index (κ1) is 17.4. The van der Waals surface area contributed by atoms with Crippen LogP contribution in [0.2, 0.25) is 0 Å². The molecule has 128 valence electrons. The molecule has 0 unspecified atom stereocenters. The predicted octanol–water partition coefficient (Wildman–Crippen LogP) is 4.51. The van der Waals surface area contributed by atoms with Crippen molar-refractivity contribution < 1.29 is 9.18 Å². The fraction of sp³-hybridized carbons (Fsp3) is 0.211. The average Bonchev–Trinajstić information content (AvgIpc) is 3.05. The van der Waals surface area contributed by atoms with Gasteiger partial charge in [-0.25, -0.2) is 9.37 Å². The molecule has 0 saturated heterocycles. The highest BCUT2D eigenvalue weighted by atomic mass is 32.2. The van der Waals surface area contributed by atoms with Crippen molar-refractivity contribution in [3.05, 3.63) is 64.5 Å². The number of aromatic amines is 1. The maximum atomic E-state index is 13.8. The van der Waals surface area contributed by atoms with Crippen LogP contribution < -0.4 is 0 Å². The van der Waals surface area contributed by atoms with Gasteiger partial charge < -0.3 is 0 Å². The van der Waals surface area contributed by atoms with Crippen molar-refractivity contribution in [2.24, 2.45) is 0 Å². The summed E-state index contributed by atoms with van der Waals surface area (Å²) in [6.45, 7) is 5.96. The predicted molar refractivity (Wildman–Crippen MR) is 97.5 cm³/mol. The number of benzene rings is 2. The van der Waals surface area contributed by atoms with E-state index in [0.29, 0.717) is 16.5 Å². The minimum atomic E-state index is -0.364. The molecular weight excluding hydrogens is 337 g/mol. The summed E-state index contributed by atoms with van der Waals surface area (Å²) in [4.78, 5) is 16.8. The minimum Gasteiger partial charge on any atom is -0.293 e. The number of carbonyl (C=O) groups is 1. The fourth-order valence-corrected chi connectivity index (χ4v) is 3.24. The van der Waals surface area contributed by atoms with Crippen molar-refractivity contribution in [2.45, 2.75) is 25.9 Å². The fourth-order valence-electron chi connectivity index (χ4n) is 2.55. The van der Waals surface area contributed by atoms with E-state index < -0.39 is 0 Å². The van der Waals surface area contributed by atoms with Crippen LogP contribution in [-0.2, 0) is 0 Å². The van der Waals surface area contributed by atoms with Crippen molar-refractivity contribution in [1.82, 2.24) is 15.2 Å². The van der Waals surface area contributed by atoms with Gasteiger partial charge >= 0.3 is 0 Å². The summed E-state index contributed by atoms with van der Waals surface area (Å²) in [5, 5.41) is 7.21. The van der Waals surface area contributed by atoms with E-state index in [4.69, 9.17) is 0 Å². The standard InChI is InChI=1S/C19H18FN3OS/c1-11-8-13(3)15(9-12(11)2)17(24)10-25-19-21-18(22-23-19)14-6-4-5-7-16(14)20/h4-9H,10H2,1-3H3,(H,21,22,23). The largest absolute Gasteiger partial charge is 0.293 e. The van der Waals surface area contributed by atoms with Crippen LogP contribution in [0.25, 0.3) is 11.4 Å². The number of H-pyrrole nitrogens is 1. The van der Waals surface area contributed by atoms with Crippen LogP contribution in [0.15, 0.2) is 41.6 Å². The van der Waals surface area contributed by atoms with E-state index in [9.17, 15) is 9.18 Å². The minimum absolute atomic E-state index is 0.0304. The number of hydrogen-bond acceptors (Lipinski definition) is 4. The summed E-state index contributed by atoms with van der Waals surface area (Å²) in [5.74, 6) is 0.257. The molecule has 0 spiro atoms. The van der Waals surface area contributed by atoms with Gasteiger partial charge in [-0.3, -0.25) is 9.89 Å². The lowest BCUT2D eigenvalue weighted by atomic mass is 9.99. The van der Waals surface area contributed by atoms with Crippen molar-refractivity contribution in [1.29, 1.82) is 0 Å². The Hall–Kier alpha value is -2.47. The topological polar surface area (TPSA) is 58.6 Å². The van der Waals surface area contributed by atoms with Gasteiger partial charge in [-0.1, -0.05) is 30.0 Å². The molecule has 3 rings (SSSR count). The molecule has 0 aliphatic carbocycles. The van der Waals surface area contributed by atoms with Gasteiger partial charge in [-0.2, -0.15) is 0 Å². The lowest BCUT2D eigenvalue weighted by molar-refractivity contribution is 0.102. The number of halogens is 1. The maximum absolute atomic E-state index is 13.8. The highest BCUT2D eigenvalue weighted by Gasteiger charge is 2.14. The van der Waals surface area contributed by atoms with Crippen molar-refractivity contribution in [3.8, 4) is 11.4 Å². The van der Waals surface area contributed by atoms with E-state index in [1.165, 1.54) is 23.4 Å². The van der Waals surface area contributed by atoms with Gasteiger partial charge in [0.15, 0.2) is 11.6 Å². The molecular formula is C19H18FN3OS. The van der Waals surface area contributed by atoms with Crippen LogP contribution in [0.3, 0.4) is 0 Å². The number of ketones is 1. The summed E-state index contributed by atoms with van der Waals surface area (Å²) in [5.41, 5.74) is 4.32. The number of thioether (sulfide) groups is 1. The third-order valence-corrected chi connectivity index (χ3v) is 4.91. The molecule has 0 radical (unpaired) electrons. The van der Waals surface area contributed by atoms with Gasteiger partial charge in [-0.05, 0) is 55.7 Å². The summed E-state index contributed by atoms with van der Waals surface area (Å²) in [7, 11) is 0. The first-order valence-corrected chi connectivity index (χ1v) is 8.85. The van der Waals surface area contributed by atoms with E-state index in [2.05, 4.69) is 15.2 Å². The van der Waals surface area contributed by atoms with E-state index in [1.54, 1.807) is 18.2 Å². The molecule has 0 aliphatic rings. The number of nitrogens with zero attached hydrogens (tertiary/aromatic N) is 2. The molecule has 0 bridgehead atoms. The zero-order valence-electron chi connectivity index (χ0n) is 14.3.